The molecule has 0 amide bonds. The van der Waals surface area contributed by atoms with Crippen LogP contribution in [0.3, 0.4) is 0 Å². The summed E-state index contributed by atoms with van der Waals surface area (Å²) in [5.74, 6) is 1.08. The van der Waals surface area contributed by atoms with Gasteiger partial charge in [-0.1, -0.05) is 128 Å². The summed E-state index contributed by atoms with van der Waals surface area (Å²) < 4.78 is 2.31. The van der Waals surface area contributed by atoms with Crippen LogP contribution in [0.2, 0.25) is 0 Å². The van der Waals surface area contributed by atoms with Crippen molar-refractivity contribution in [1.29, 1.82) is 0 Å². The van der Waals surface area contributed by atoms with Crippen LogP contribution in [0.25, 0.3) is 71.6 Å². The van der Waals surface area contributed by atoms with Crippen molar-refractivity contribution in [3.05, 3.63) is 192 Å². The van der Waals surface area contributed by atoms with E-state index in [1.807, 2.05) is 0 Å². The maximum absolute atomic E-state index is 4.95. The largest absolute Gasteiger partial charge is 0.296 e. The van der Waals surface area contributed by atoms with Gasteiger partial charge in [-0.2, -0.15) is 0 Å². The van der Waals surface area contributed by atoms with E-state index in [9.17, 15) is 0 Å². The molecule has 0 atom stereocenters. The van der Waals surface area contributed by atoms with E-state index in [1.165, 1.54) is 77.2 Å². The monoisotopic (exact) mass is 636 g/mol. The summed E-state index contributed by atoms with van der Waals surface area (Å²) in [5, 5.41) is 5.11. The Morgan fingerprint density at radius 1 is 0.500 bits per heavy atom. The third-order valence-corrected chi connectivity index (χ3v) is 11.3. The highest BCUT2D eigenvalue weighted by molar-refractivity contribution is 6.08. The molecular weight excluding hydrogens is 605 g/mol. The number of nitrogens with zero attached hydrogens (tertiary/aromatic N) is 2. The first-order valence-corrected chi connectivity index (χ1v) is 17.6. The van der Waals surface area contributed by atoms with E-state index in [1.54, 1.807) is 0 Å². The zero-order chi connectivity index (χ0) is 33.0. The van der Waals surface area contributed by atoms with Gasteiger partial charge in [0.2, 0.25) is 0 Å². The number of aryl methyl sites for hydroxylation is 1. The summed E-state index contributed by atoms with van der Waals surface area (Å²) >= 11 is 0. The van der Waals surface area contributed by atoms with Gasteiger partial charge in [0.25, 0.3) is 0 Å². The molecule has 0 radical (unpaired) electrons. The average molecular weight is 637 g/mol. The van der Waals surface area contributed by atoms with Crippen molar-refractivity contribution in [1.82, 2.24) is 9.55 Å². The third-order valence-electron chi connectivity index (χ3n) is 11.3. The fourth-order valence-electron chi connectivity index (χ4n) is 9.25. The van der Waals surface area contributed by atoms with Crippen molar-refractivity contribution < 1.29 is 0 Å². The van der Waals surface area contributed by atoms with Crippen LogP contribution in [-0.4, -0.2) is 9.55 Å². The molecule has 11 rings (SSSR count). The number of hydrogen-bond donors (Lipinski definition) is 0. The fraction of sp³-hybridized carbons (Fsp3) is 0.0625. The molecule has 2 heteroatoms. The van der Waals surface area contributed by atoms with Crippen LogP contribution >= 0.6 is 0 Å². The lowest BCUT2D eigenvalue weighted by Gasteiger charge is -2.30. The normalized spacial score (nSPS) is 13.5. The molecule has 1 heterocycles. The lowest BCUT2D eigenvalue weighted by molar-refractivity contribution is 0.795. The first-order chi connectivity index (χ1) is 24.7. The van der Waals surface area contributed by atoms with Crippen molar-refractivity contribution in [3.63, 3.8) is 0 Å². The standard InChI is InChI=1S/C48H32N2/c1-2-46-49-44-20-9-10-21-45(44)50(46)35-14-11-13-31(27-35)32-22-23-33-28-39-43(29-34(33)26-32)48(42-25-24-30-12-3-4-15-36(30)47(39)42)40-18-7-5-16-37(40)38-17-6-8-19-41(38)48/h3-29H,2H2,1H3. The van der Waals surface area contributed by atoms with Gasteiger partial charge in [-0.3, -0.25) is 4.57 Å². The van der Waals surface area contributed by atoms with Gasteiger partial charge in [0.15, 0.2) is 0 Å². The smallest absolute Gasteiger partial charge is 0.114 e. The van der Waals surface area contributed by atoms with Gasteiger partial charge >= 0.3 is 0 Å². The Labute approximate surface area is 290 Å². The van der Waals surface area contributed by atoms with E-state index in [2.05, 4.69) is 175 Å². The topological polar surface area (TPSA) is 17.8 Å². The van der Waals surface area contributed by atoms with E-state index in [4.69, 9.17) is 4.98 Å². The Morgan fingerprint density at radius 3 is 2.06 bits per heavy atom. The summed E-state index contributed by atoms with van der Waals surface area (Å²) in [7, 11) is 0. The van der Waals surface area contributed by atoms with Crippen molar-refractivity contribution in [2.45, 2.75) is 18.8 Å². The first kappa shape index (κ1) is 27.7. The Morgan fingerprint density at radius 2 is 1.22 bits per heavy atom. The van der Waals surface area contributed by atoms with E-state index in [0.717, 1.165) is 29.0 Å². The molecule has 2 aliphatic carbocycles. The van der Waals surface area contributed by atoms with E-state index in [-0.39, 0.29) is 5.41 Å². The van der Waals surface area contributed by atoms with Gasteiger partial charge in [0, 0.05) is 12.1 Å². The van der Waals surface area contributed by atoms with Crippen LogP contribution in [-0.2, 0) is 11.8 Å². The lowest BCUT2D eigenvalue weighted by atomic mass is 9.70. The van der Waals surface area contributed by atoms with Crippen molar-refractivity contribution in [2.24, 2.45) is 0 Å². The van der Waals surface area contributed by atoms with Crippen molar-refractivity contribution >= 4 is 32.6 Å². The molecule has 234 valence electrons. The van der Waals surface area contributed by atoms with E-state index < -0.39 is 0 Å². The van der Waals surface area contributed by atoms with E-state index in [0.29, 0.717) is 0 Å². The Bertz CT molecular complexity index is 2830. The SMILES string of the molecule is CCc1nc2ccccc2n1-c1cccc(-c2ccc3cc4c(cc3c2)C2(c3ccccc3-c3ccccc32)c2ccc3ccccc3c2-4)c1. The van der Waals surface area contributed by atoms with Gasteiger partial charge in [0.05, 0.1) is 16.4 Å². The van der Waals surface area contributed by atoms with Gasteiger partial charge in [-0.05, 0) is 120 Å². The Hall–Kier alpha value is -6.25. The molecule has 0 saturated carbocycles. The van der Waals surface area contributed by atoms with Crippen molar-refractivity contribution in [2.75, 3.05) is 0 Å². The molecule has 9 aromatic rings. The summed E-state index contributed by atoms with van der Waals surface area (Å²) in [4.78, 5) is 4.95. The molecule has 0 saturated heterocycles. The van der Waals surface area contributed by atoms with Crippen LogP contribution < -0.4 is 0 Å². The van der Waals surface area contributed by atoms with Gasteiger partial charge < -0.3 is 0 Å². The molecule has 0 unspecified atom stereocenters. The summed E-state index contributed by atoms with van der Waals surface area (Å²) in [5.41, 5.74) is 16.2. The zero-order valence-corrected chi connectivity index (χ0v) is 27.7. The van der Waals surface area contributed by atoms with Gasteiger partial charge in [-0.25, -0.2) is 4.98 Å². The van der Waals surface area contributed by atoms with Crippen LogP contribution in [0.4, 0.5) is 0 Å². The van der Waals surface area contributed by atoms with Crippen LogP contribution in [0.15, 0.2) is 164 Å². The summed E-state index contributed by atoms with van der Waals surface area (Å²) in [6.45, 7) is 2.18. The maximum atomic E-state index is 4.95. The van der Waals surface area contributed by atoms with Gasteiger partial charge in [-0.15, -0.1) is 0 Å². The zero-order valence-electron chi connectivity index (χ0n) is 27.7. The Balaban J connectivity index is 1.16. The van der Waals surface area contributed by atoms with Crippen molar-refractivity contribution in [3.8, 4) is 39.1 Å². The second-order valence-corrected chi connectivity index (χ2v) is 13.8. The minimum atomic E-state index is -0.384. The third kappa shape index (κ3) is 3.55. The Kier molecular flexibility index (Phi) is 5.61. The molecule has 1 aromatic heterocycles. The predicted molar refractivity (Wildman–Crippen MR) is 207 cm³/mol. The molecule has 50 heavy (non-hydrogen) atoms. The van der Waals surface area contributed by atoms with Crippen LogP contribution in [0, 0.1) is 0 Å². The van der Waals surface area contributed by atoms with Crippen LogP contribution in [0.1, 0.15) is 35.0 Å². The first-order valence-electron chi connectivity index (χ1n) is 17.6. The number of rotatable bonds is 3. The highest BCUT2D eigenvalue weighted by Crippen LogP contribution is 2.64. The molecule has 0 bridgehead atoms. The molecule has 0 aliphatic heterocycles. The maximum Gasteiger partial charge on any atom is 0.114 e. The molecule has 2 aliphatic rings. The number of benzene rings is 8. The minimum absolute atomic E-state index is 0.384. The highest BCUT2D eigenvalue weighted by Gasteiger charge is 2.52. The molecule has 1 spiro atoms. The predicted octanol–water partition coefficient (Wildman–Crippen LogP) is 11.9. The fourth-order valence-corrected chi connectivity index (χ4v) is 9.25. The number of para-hydroxylation sites is 2. The quantitative estimate of drug-likeness (QED) is 0.189. The average Bonchev–Trinajstić information content (AvgIpc) is 3.81. The molecular formula is C48H32N2. The minimum Gasteiger partial charge on any atom is -0.296 e. The second kappa shape index (κ2) is 10.1. The molecule has 0 N–H and O–H groups in total. The molecule has 8 aromatic carbocycles. The summed E-state index contributed by atoms with van der Waals surface area (Å²) in [6.07, 6.45) is 0.867. The van der Waals surface area contributed by atoms with E-state index >= 15 is 0 Å². The number of fused-ring (bicyclic) bond motifs is 14. The highest BCUT2D eigenvalue weighted by atomic mass is 15.1. The number of imidazole rings is 1. The number of hydrogen-bond acceptors (Lipinski definition) is 1. The number of aromatic nitrogens is 2. The van der Waals surface area contributed by atoms with Gasteiger partial charge in [0.1, 0.15) is 5.82 Å². The molecule has 0 fully saturated rings. The molecule has 2 nitrogen and oxygen atoms in total. The lowest BCUT2D eigenvalue weighted by Crippen LogP contribution is -2.25. The second-order valence-electron chi connectivity index (χ2n) is 13.8. The van der Waals surface area contributed by atoms with Crippen LogP contribution in [0.5, 0.6) is 0 Å². The summed E-state index contributed by atoms with van der Waals surface area (Å²) in [6, 6.07) is 61.0.